The zero-order valence-electron chi connectivity index (χ0n) is 12.1. The molecular formula is C15H15F3N4O. The SMILES string of the molecule is O=C(Nc1ccc(C(F)(F)F)cc1)N1CCCC1c1ncc[nH]1. The summed E-state index contributed by atoms with van der Waals surface area (Å²) in [6.45, 7) is 0.581. The Labute approximate surface area is 130 Å². The third-order valence-electron chi connectivity index (χ3n) is 3.81. The van der Waals surface area contributed by atoms with Gasteiger partial charge in [-0.3, -0.25) is 0 Å². The Morgan fingerprint density at radius 1 is 1.30 bits per heavy atom. The number of nitrogens with one attached hydrogen (secondary N) is 2. The fourth-order valence-electron chi connectivity index (χ4n) is 2.69. The van der Waals surface area contributed by atoms with Gasteiger partial charge in [0, 0.05) is 24.6 Å². The fraction of sp³-hybridized carbons (Fsp3) is 0.333. The number of hydrogen-bond acceptors (Lipinski definition) is 2. The quantitative estimate of drug-likeness (QED) is 0.883. The number of carbonyl (C=O) groups is 1. The van der Waals surface area contributed by atoms with Crippen molar-refractivity contribution in [3.8, 4) is 0 Å². The third-order valence-corrected chi connectivity index (χ3v) is 3.81. The molecule has 0 saturated carbocycles. The molecule has 1 unspecified atom stereocenters. The molecule has 1 aromatic heterocycles. The monoisotopic (exact) mass is 324 g/mol. The highest BCUT2D eigenvalue weighted by atomic mass is 19.4. The van der Waals surface area contributed by atoms with Gasteiger partial charge in [0.2, 0.25) is 0 Å². The number of benzene rings is 1. The molecule has 2 aromatic rings. The van der Waals surface area contributed by atoms with Gasteiger partial charge in [0.1, 0.15) is 5.82 Å². The van der Waals surface area contributed by atoms with E-state index in [4.69, 9.17) is 0 Å². The van der Waals surface area contributed by atoms with Crippen LogP contribution >= 0.6 is 0 Å². The lowest BCUT2D eigenvalue weighted by molar-refractivity contribution is -0.137. The van der Waals surface area contributed by atoms with E-state index in [0.717, 1.165) is 25.0 Å². The van der Waals surface area contributed by atoms with Crippen LogP contribution in [0.4, 0.5) is 23.7 Å². The number of rotatable bonds is 2. The molecule has 1 saturated heterocycles. The summed E-state index contributed by atoms with van der Waals surface area (Å²) in [4.78, 5) is 21.2. The van der Waals surface area contributed by atoms with E-state index >= 15 is 0 Å². The van der Waals surface area contributed by atoms with Crippen molar-refractivity contribution in [1.82, 2.24) is 14.9 Å². The molecule has 122 valence electrons. The normalized spacial score (nSPS) is 18.2. The predicted octanol–water partition coefficient (Wildman–Crippen LogP) is 3.80. The summed E-state index contributed by atoms with van der Waals surface area (Å²) in [5.74, 6) is 0.713. The summed E-state index contributed by atoms with van der Waals surface area (Å²) in [6, 6.07) is 3.91. The van der Waals surface area contributed by atoms with E-state index in [2.05, 4.69) is 15.3 Å². The number of aromatic amines is 1. The van der Waals surface area contributed by atoms with E-state index < -0.39 is 11.7 Å². The maximum Gasteiger partial charge on any atom is 0.416 e. The highest BCUT2D eigenvalue weighted by molar-refractivity contribution is 5.89. The minimum atomic E-state index is -4.39. The highest BCUT2D eigenvalue weighted by Gasteiger charge is 2.32. The molecule has 2 N–H and O–H groups in total. The van der Waals surface area contributed by atoms with Crippen molar-refractivity contribution in [3.05, 3.63) is 48.0 Å². The van der Waals surface area contributed by atoms with Gasteiger partial charge in [0.25, 0.3) is 0 Å². The maximum absolute atomic E-state index is 12.5. The van der Waals surface area contributed by atoms with Crippen LogP contribution in [0, 0.1) is 0 Å². The molecular weight excluding hydrogens is 309 g/mol. The highest BCUT2D eigenvalue weighted by Crippen LogP contribution is 2.31. The molecule has 1 aromatic carbocycles. The van der Waals surface area contributed by atoms with E-state index in [1.165, 1.54) is 12.1 Å². The van der Waals surface area contributed by atoms with Gasteiger partial charge in [-0.1, -0.05) is 0 Å². The second-order valence-electron chi connectivity index (χ2n) is 5.33. The largest absolute Gasteiger partial charge is 0.416 e. The molecule has 1 fully saturated rings. The summed E-state index contributed by atoms with van der Waals surface area (Å²) in [5.41, 5.74) is -0.418. The summed E-state index contributed by atoms with van der Waals surface area (Å²) in [7, 11) is 0. The van der Waals surface area contributed by atoms with Gasteiger partial charge < -0.3 is 15.2 Å². The van der Waals surface area contributed by atoms with Crippen molar-refractivity contribution in [1.29, 1.82) is 0 Å². The first-order valence-electron chi connectivity index (χ1n) is 7.19. The molecule has 1 aliphatic rings. The number of H-pyrrole nitrogens is 1. The number of carbonyl (C=O) groups excluding carboxylic acids is 1. The molecule has 0 bridgehead atoms. The molecule has 8 heteroatoms. The van der Waals surface area contributed by atoms with Crippen molar-refractivity contribution < 1.29 is 18.0 Å². The van der Waals surface area contributed by atoms with Crippen LogP contribution in [0.25, 0.3) is 0 Å². The van der Waals surface area contributed by atoms with Gasteiger partial charge in [-0.25, -0.2) is 9.78 Å². The predicted molar refractivity (Wildman–Crippen MR) is 77.7 cm³/mol. The molecule has 3 rings (SSSR count). The number of urea groups is 1. The van der Waals surface area contributed by atoms with E-state index in [1.807, 2.05) is 0 Å². The van der Waals surface area contributed by atoms with Gasteiger partial charge in [-0.2, -0.15) is 13.2 Å². The second-order valence-corrected chi connectivity index (χ2v) is 5.33. The lowest BCUT2D eigenvalue weighted by Gasteiger charge is -2.23. The number of alkyl halides is 3. The van der Waals surface area contributed by atoms with Gasteiger partial charge in [-0.15, -0.1) is 0 Å². The van der Waals surface area contributed by atoms with Crippen molar-refractivity contribution in [2.45, 2.75) is 25.1 Å². The van der Waals surface area contributed by atoms with Gasteiger partial charge >= 0.3 is 12.2 Å². The Balaban J connectivity index is 1.69. The van der Waals surface area contributed by atoms with Crippen LogP contribution < -0.4 is 5.32 Å². The van der Waals surface area contributed by atoms with E-state index in [0.29, 0.717) is 18.1 Å². The van der Waals surface area contributed by atoms with Crippen LogP contribution in [0.1, 0.15) is 30.3 Å². The van der Waals surface area contributed by atoms with Gasteiger partial charge in [0.05, 0.1) is 11.6 Å². The van der Waals surface area contributed by atoms with Crippen LogP contribution in [0.3, 0.4) is 0 Å². The molecule has 0 radical (unpaired) electrons. The van der Waals surface area contributed by atoms with Crippen LogP contribution in [0.15, 0.2) is 36.7 Å². The number of imidazole rings is 1. The van der Waals surface area contributed by atoms with Crippen molar-refractivity contribution in [2.75, 3.05) is 11.9 Å². The zero-order valence-corrected chi connectivity index (χ0v) is 12.1. The number of nitrogens with zero attached hydrogens (tertiary/aromatic N) is 2. The number of amides is 2. The lowest BCUT2D eigenvalue weighted by Crippen LogP contribution is -2.34. The summed E-state index contributed by atoms with van der Waals surface area (Å²) >= 11 is 0. The summed E-state index contributed by atoms with van der Waals surface area (Å²) in [5, 5.41) is 2.63. The molecule has 2 heterocycles. The third kappa shape index (κ3) is 3.30. The molecule has 23 heavy (non-hydrogen) atoms. The molecule has 1 atom stereocenters. The second kappa shape index (κ2) is 5.94. The number of halogens is 3. The van der Waals surface area contributed by atoms with Crippen LogP contribution in [0.2, 0.25) is 0 Å². The van der Waals surface area contributed by atoms with E-state index in [9.17, 15) is 18.0 Å². The molecule has 0 aliphatic carbocycles. The van der Waals surface area contributed by atoms with Crippen LogP contribution in [0.5, 0.6) is 0 Å². The minimum Gasteiger partial charge on any atom is -0.347 e. The number of hydrogen-bond donors (Lipinski definition) is 2. The Kier molecular flexibility index (Phi) is 3.97. The first-order chi connectivity index (χ1) is 10.9. The first kappa shape index (κ1) is 15.4. The Bertz CT molecular complexity index is 667. The Hall–Kier alpha value is -2.51. The van der Waals surface area contributed by atoms with E-state index in [1.54, 1.807) is 17.3 Å². The fourth-order valence-corrected chi connectivity index (χ4v) is 2.69. The van der Waals surface area contributed by atoms with Gasteiger partial charge in [-0.05, 0) is 37.1 Å². The number of likely N-dealkylation sites (tertiary alicyclic amines) is 1. The molecule has 5 nitrogen and oxygen atoms in total. The standard InChI is InChI=1S/C15H15F3N4O/c16-15(17,18)10-3-5-11(6-4-10)21-14(23)22-9-1-2-12(22)13-19-7-8-20-13/h3-8,12H,1-2,9H2,(H,19,20)(H,21,23). The minimum absolute atomic E-state index is 0.139. The molecule has 0 spiro atoms. The van der Waals surface area contributed by atoms with Crippen molar-refractivity contribution >= 4 is 11.7 Å². The average Bonchev–Trinajstić information content (AvgIpc) is 3.17. The topological polar surface area (TPSA) is 61.0 Å². The Morgan fingerprint density at radius 3 is 2.65 bits per heavy atom. The zero-order chi connectivity index (χ0) is 16.4. The molecule has 1 aliphatic heterocycles. The number of aromatic nitrogens is 2. The smallest absolute Gasteiger partial charge is 0.347 e. The summed E-state index contributed by atoms with van der Waals surface area (Å²) in [6.07, 6.45) is 0.584. The maximum atomic E-state index is 12.5. The van der Waals surface area contributed by atoms with E-state index in [-0.39, 0.29) is 12.1 Å². The average molecular weight is 324 g/mol. The lowest BCUT2D eigenvalue weighted by atomic mass is 10.2. The van der Waals surface area contributed by atoms with Crippen LogP contribution in [-0.2, 0) is 6.18 Å². The van der Waals surface area contributed by atoms with Gasteiger partial charge in [0.15, 0.2) is 0 Å². The summed E-state index contributed by atoms with van der Waals surface area (Å²) < 4.78 is 37.6. The first-order valence-corrected chi connectivity index (χ1v) is 7.19. The van der Waals surface area contributed by atoms with Crippen molar-refractivity contribution in [3.63, 3.8) is 0 Å². The van der Waals surface area contributed by atoms with Crippen LogP contribution in [-0.4, -0.2) is 27.4 Å². The van der Waals surface area contributed by atoms with Crippen molar-refractivity contribution in [2.24, 2.45) is 0 Å². The number of anilines is 1. The molecule has 2 amide bonds. The Morgan fingerprint density at radius 2 is 2.04 bits per heavy atom.